The summed E-state index contributed by atoms with van der Waals surface area (Å²) in [6.45, 7) is 4.11. The molecule has 1 aliphatic rings. The van der Waals surface area contributed by atoms with E-state index in [1.807, 2.05) is 16.5 Å². The number of rotatable bonds is 5. The monoisotopic (exact) mass is 533 g/mol. The van der Waals surface area contributed by atoms with Gasteiger partial charge in [-0.3, -0.25) is 4.90 Å². The molecule has 5 rings (SSSR count). The molecule has 1 saturated heterocycles. The molecule has 0 bridgehead atoms. The van der Waals surface area contributed by atoms with Gasteiger partial charge in [0.05, 0.1) is 23.0 Å². The van der Waals surface area contributed by atoms with Crippen molar-refractivity contribution in [1.29, 1.82) is 5.26 Å². The normalized spacial score (nSPS) is 17.1. The number of hydrogen-bond acceptors (Lipinski definition) is 4. The predicted molar refractivity (Wildman–Crippen MR) is 135 cm³/mol. The van der Waals surface area contributed by atoms with E-state index in [0.717, 1.165) is 61.7 Å². The summed E-state index contributed by atoms with van der Waals surface area (Å²) >= 11 is 0. The van der Waals surface area contributed by atoms with E-state index < -0.39 is 15.1 Å². The standard InChI is InChI=1S/C26H24F5N5S/c27-37(28,29,30,31)23-9-6-20(7-10-23)22-8-11-25-34-26(21-4-2-19(16-32)3-5-21)24(36(25)17-22)18-35-14-1-12-33-13-15-35/h2-11,17,33H,1,12-15,18H2. The Bertz CT molecular complexity index is 1480. The molecule has 37 heavy (non-hydrogen) atoms. The highest BCUT2D eigenvalue weighted by molar-refractivity contribution is 8.45. The second-order valence-corrected chi connectivity index (χ2v) is 11.5. The van der Waals surface area contributed by atoms with Crippen LogP contribution in [0.2, 0.25) is 0 Å². The predicted octanol–water partition coefficient (Wildman–Crippen LogP) is 6.99. The Hall–Kier alpha value is -3.46. The summed E-state index contributed by atoms with van der Waals surface area (Å²) in [6.07, 6.45) is 2.77. The van der Waals surface area contributed by atoms with Crippen molar-refractivity contribution in [1.82, 2.24) is 19.6 Å². The lowest BCUT2D eigenvalue weighted by molar-refractivity contribution is 0.281. The molecule has 0 atom stereocenters. The van der Waals surface area contributed by atoms with E-state index in [1.165, 1.54) is 0 Å². The van der Waals surface area contributed by atoms with Crippen molar-refractivity contribution in [2.45, 2.75) is 17.9 Å². The lowest BCUT2D eigenvalue weighted by Gasteiger charge is -2.40. The van der Waals surface area contributed by atoms with Gasteiger partial charge < -0.3 is 9.72 Å². The van der Waals surface area contributed by atoms with E-state index >= 15 is 0 Å². The molecule has 0 saturated carbocycles. The number of nitrogens with zero attached hydrogens (tertiary/aromatic N) is 4. The highest BCUT2D eigenvalue weighted by Crippen LogP contribution is 3.02. The molecule has 0 aliphatic carbocycles. The number of fused-ring (bicyclic) bond motifs is 1. The van der Waals surface area contributed by atoms with Gasteiger partial charge in [-0.1, -0.05) is 43.7 Å². The summed E-state index contributed by atoms with van der Waals surface area (Å²) in [4.78, 5) is 5.22. The van der Waals surface area contributed by atoms with Crippen LogP contribution in [0.15, 0.2) is 71.8 Å². The molecule has 11 heteroatoms. The number of imidazole rings is 1. The fraction of sp³-hybridized carbons (Fsp3) is 0.231. The van der Waals surface area contributed by atoms with Crippen LogP contribution < -0.4 is 5.32 Å². The van der Waals surface area contributed by atoms with E-state index in [0.29, 0.717) is 41.0 Å². The summed E-state index contributed by atoms with van der Waals surface area (Å²) in [5.41, 5.74) is 4.61. The zero-order valence-electron chi connectivity index (χ0n) is 19.7. The minimum Gasteiger partial charge on any atom is -0.315 e. The molecule has 1 N–H and O–H groups in total. The quantitative estimate of drug-likeness (QED) is 0.281. The summed E-state index contributed by atoms with van der Waals surface area (Å²) in [7, 11) is -9.74. The highest BCUT2D eigenvalue weighted by atomic mass is 32.5. The summed E-state index contributed by atoms with van der Waals surface area (Å²) in [5.74, 6) is 0. The fourth-order valence-corrected chi connectivity index (χ4v) is 5.18. The molecule has 4 aromatic rings. The fourth-order valence-electron chi connectivity index (χ4n) is 4.53. The molecule has 5 nitrogen and oxygen atoms in total. The molecular weight excluding hydrogens is 509 g/mol. The van der Waals surface area contributed by atoms with Gasteiger partial charge in [-0.15, -0.1) is 0 Å². The van der Waals surface area contributed by atoms with Crippen molar-refractivity contribution in [3.8, 4) is 28.5 Å². The summed E-state index contributed by atoms with van der Waals surface area (Å²) in [6, 6.07) is 15.7. The van der Waals surface area contributed by atoms with Gasteiger partial charge in [-0.05, 0) is 67.0 Å². The van der Waals surface area contributed by atoms with Crippen molar-refractivity contribution in [3.63, 3.8) is 0 Å². The molecule has 194 valence electrons. The Morgan fingerprint density at radius 2 is 1.51 bits per heavy atom. The number of nitriles is 1. The lowest BCUT2D eigenvalue weighted by atomic mass is 10.1. The van der Waals surface area contributed by atoms with E-state index in [2.05, 4.69) is 16.3 Å². The summed E-state index contributed by atoms with van der Waals surface area (Å²) in [5, 5.41) is 12.5. The maximum absolute atomic E-state index is 13.2. The average molecular weight is 534 g/mol. The van der Waals surface area contributed by atoms with E-state index in [4.69, 9.17) is 10.2 Å². The van der Waals surface area contributed by atoms with Crippen LogP contribution in [0.5, 0.6) is 0 Å². The first-order chi connectivity index (χ1) is 17.4. The SMILES string of the molecule is N#Cc1ccc(-c2nc3ccc(-c4ccc(S(F)(F)(F)(F)F)cc4)cn3c2CN2CCCNCC2)cc1. The Morgan fingerprint density at radius 1 is 0.838 bits per heavy atom. The Labute approximate surface area is 210 Å². The number of hydrogen-bond donors (Lipinski definition) is 1. The lowest BCUT2D eigenvalue weighted by Crippen LogP contribution is -2.28. The topological polar surface area (TPSA) is 56.4 Å². The van der Waals surface area contributed by atoms with Crippen LogP contribution in [-0.4, -0.2) is 40.5 Å². The van der Waals surface area contributed by atoms with Crippen LogP contribution in [0.25, 0.3) is 28.0 Å². The van der Waals surface area contributed by atoms with E-state index in [9.17, 15) is 19.4 Å². The third-order valence-electron chi connectivity index (χ3n) is 6.44. The molecule has 1 fully saturated rings. The Balaban J connectivity index is 1.59. The van der Waals surface area contributed by atoms with Crippen molar-refractivity contribution in [3.05, 3.63) is 78.1 Å². The van der Waals surface area contributed by atoms with Gasteiger partial charge in [-0.2, -0.15) is 5.26 Å². The maximum atomic E-state index is 13.2. The number of aromatic nitrogens is 2. The first-order valence-electron chi connectivity index (χ1n) is 11.7. The largest absolute Gasteiger partial charge is 0.315 e. The Kier molecular flexibility index (Phi) is 5.82. The van der Waals surface area contributed by atoms with Gasteiger partial charge in [0.1, 0.15) is 10.5 Å². The molecule has 3 heterocycles. The van der Waals surface area contributed by atoms with Crippen LogP contribution >= 0.6 is 10.2 Å². The van der Waals surface area contributed by atoms with Gasteiger partial charge >= 0.3 is 10.2 Å². The molecular formula is C26H24F5N5S. The van der Waals surface area contributed by atoms with Crippen LogP contribution in [0.4, 0.5) is 19.4 Å². The van der Waals surface area contributed by atoms with Crippen molar-refractivity contribution in [2.75, 3.05) is 26.2 Å². The molecule has 2 aromatic heterocycles. The average Bonchev–Trinajstić information content (AvgIpc) is 3.01. The Morgan fingerprint density at radius 3 is 2.19 bits per heavy atom. The maximum Gasteiger partial charge on any atom is 0.310 e. The van der Waals surface area contributed by atoms with Crippen LogP contribution in [0.3, 0.4) is 0 Å². The van der Waals surface area contributed by atoms with E-state index in [-0.39, 0.29) is 0 Å². The number of nitrogens with one attached hydrogen (secondary N) is 1. The first-order valence-corrected chi connectivity index (χ1v) is 13.7. The number of pyridine rings is 1. The first kappa shape index (κ1) is 25.2. The summed E-state index contributed by atoms with van der Waals surface area (Å²) < 4.78 is 67.7. The van der Waals surface area contributed by atoms with E-state index in [1.54, 1.807) is 30.5 Å². The van der Waals surface area contributed by atoms with Crippen LogP contribution in [0.1, 0.15) is 17.7 Å². The zero-order chi connectivity index (χ0) is 26.3. The van der Waals surface area contributed by atoms with Gasteiger partial charge in [-0.25, -0.2) is 4.98 Å². The molecule has 0 radical (unpaired) electrons. The highest BCUT2D eigenvalue weighted by Gasteiger charge is 2.65. The molecule has 2 aromatic carbocycles. The molecule has 0 spiro atoms. The number of benzene rings is 2. The molecule has 0 amide bonds. The minimum absolute atomic E-state index is 0.381. The van der Waals surface area contributed by atoms with Gasteiger partial charge in [0.2, 0.25) is 0 Å². The molecule has 0 unspecified atom stereocenters. The molecule has 1 aliphatic heterocycles. The van der Waals surface area contributed by atoms with Gasteiger partial charge in [0.15, 0.2) is 0 Å². The number of halogens is 5. The zero-order valence-corrected chi connectivity index (χ0v) is 20.5. The van der Waals surface area contributed by atoms with Crippen molar-refractivity contribution >= 4 is 15.9 Å². The van der Waals surface area contributed by atoms with Gasteiger partial charge in [0, 0.05) is 31.4 Å². The smallest absolute Gasteiger partial charge is 0.310 e. The third kappa shape index (κ3) is 5.46. The van der Waals surface area contributed by atoms with Crippen molar-refractivity contribution < 1.29 is 19.4 Å². The third-order valence-corrected chi connectivity index (χ3v) is 7.61. The van der Waals surface area contributed by atoms with Crippen LogP contribution in [-0.2, 0) is 6.54 Å². The minimum atomic E-state index is -9.74. The second kappa shape index (κ2) is 8.55. The van der Waals surface area contributed by atoms with Gasteiger partial charge in [0.25, 0.3) is 0 Å². The van der Waals surface area contributed by atoms with Crippen molar-refractivity contribution in [2.24, 2.45) is 0 Å². The van der Waals surface area contributed by atoms with Crippen LogP contribution in [0, 0.1) is 11.3 Å². The second-order valence-electron chi connectivity index (χ2n) is 9.12.